The summed E-state index contributed by atoms with van der Waals surface area (Å²) in [5.74, 6) is 8.22. The third-order valence-corrected chi connectivity index (χ3v) is 7.70. The van der Waals surface area contributed by atoms with Gasteiger partial charge in [-0.3, -0.25) is 4.79 Å². The van der Waals surface area contributed by atoms with E-state index in [1.54, 1.807) is 7.11 Å². The Hall–Kier alpha value is -3.55. The van der Waals surface area contributed by atoms with Crippen molar-refractivity contribution in [2.75, 3.05) is 26.7 Å². The van der Waals surface area contributed by atoms with Crippen molar-refractivity contribution in [2.24, 2.45) is 11.3 Å². The van der Waals surface area contributed by atoms with E-state index in [0.29, 0.717) is 18.0 Å². The van der Waals surface area contributed by atoms with Crippen molar-refractivity contribution in [1.29, 1.82) is 0 Å². The average Bonchev–Trinajstić information content (AvgIpc) is 2.98. The molecule has 1 amide bonds. The zero-order valence-electron chi connectivity index (χ0n) is 25.7. The second-order valence-electron chi connectivity index (χ2n) is 12.7. The van der Waals surface area contributed by atoms with Crippen LogP contribution in [0.3, 0.4) is 0 Å². The first-order valence-electron chi connectivity index (χ1n) is 15.0. The van der Waals surface area contributed by atoms with E-state index < -0.39 is 0 Å². The van der Waals surface area contributed by atoms with E-state index in [0.717, 1.165) is 60.5 Å². The molecule has 4 rings (SSSR count). The van der Waals surface area contributed by atoms with E-state index >= 15 is 0 Å². The lowest BCUT2D eigenvalue weighted by Gasteiger charge is -2.39. The highest BCUT2D eigenvalue weighted by atomic mass is 16.5. The molecule has 0 radical (unpaired) electrons. The summed E-state index contributed by atoms with van der Waals surface area (Å²) in [5.41, 5.74) is 4.95. The van der Waals surface area contributed by atoms with Crippen LogP contribution in [-0.4, -0.2) is 48.5 Å². The fourth-order valence-electron chi connectivity index (χ4n) is 5.20. The Labute approximate surface area is 247 Å². The van der Waals surface area contributed by atoms with Crippen LogP contribution in [0.25, 0.3) is 11.1 Å². The van der Waals surface area contributed by atoms with E-state index in [4.69, 9.17) is 4.74 Å². The first-order valence-corrected chi connectivity index (χ1v) is 15.0. The summed E-state index contributed by atoms with van der Waals surface area (Å²) < 4.78 is 5.30. The highest BCUT2D eigenvalue weighted by Crippen LogP contribution is 2.26. The maximum absolute atomic E-state index is 14.1. The molecular formula is C37H46N2O2. The quantitative estimate of drug-likeness (QED) is 0.254. The maximum atomic E-state index is 14.1. The number of rotatable bonds is 9. The predicted octanol–water partition coefficient (Wildman–Crippen LogP) is 7.91. The Morgan fingerprint density at radius 1 is 0.976 bits per heavy atom. The molecule has 1 saturated heterocycles. The van der Waals surface area contributed by atoms with Crippen LogP contribution < -0.4 is 4.74 Å². The molecule has 41 heavy (non-hydrogen) atoms. The van der Waals surface area contributed by atoms with Crippen LogP contribution in [0.5, 0.6) is 5.75 Å². The first kappa shape index (κ1) is 30.4. The second kappa shape index (κ2) is 13.9. The molecule has 0 spiro atoms. The monoisotopic (exact) mass is 550 g/mol. The number of methoxy groups -OCH3 is 1. The maximum Gasteiger partial charge on any atom is 0.254 e. The van der Waals surface area contributed by atoms with E-state index in [1.807, 2.05) is 36.4 Å². The number of ether oxygens (including phenoxy) is 1. The molecule has 3 aromatic rings. The largest absolute Gasteiger partial charge is 0.497 e. The Kier molecular flexibility index (Phi) is 10.3. The number of piperidine rings is 1. The van der Waals surface area contributed by atoms with Crippen LogP contribution in [0.2, 0.25) is 0 Å². The number of amides is 1. The van der Waals surface area contributed by atoms with Gasteiger partial charge in [0.05, 0.1) is 7.11 Å². The molecule has 1 aliphatic heterocycles. The number of hydrogen-bond donors (Lipinski definition) is 0. The molecule has 0 N–H and O–H groups in total. The molecule has 0 aromatic heterocycles. The molecule has 4 heteroatoms. The van der Waals surface area contributed by atoms with Crippen LogP contribution in [0.15, 0.2) is 72.8 Å². The number of carbonyl (C=O) groups excluding carboxylic acids is 1. The molecular weight excluding hydrogens is 504 g/mol. The standard InChI is InChI=1S/C37H46N2O2/c1-28(2)19-23-38-24-20-34(21-25-38)39(36(40)33-9-7-8-29(26-33)18-22-37(3,4)5)27-30-10-12-31(13-11-30)32-14-16-35(41-6)17-15-32/h7-17,26,28,34H,19-21,23-25,27H2,1-6H3. The van der Waals surface area contributed by atoms with Crippen LogP contribution in [-0.2, 0) is 6.54 Å². The topological polar surface area (TPSA) is 32.8 Å². The van der Waals surface area contributed by atoms with Crippen molar-refractivity contribution < 1.29 is 9.53 Å². The highest BCUT2D eigenvalue weighted by Gasteiger charge is 2.29. The fraction of sp³-hybridized carbons (Fsp3) is 0.432. The number of carbonyl (C=O) groups is 1. The minimum absolute atomic E-state index is 0.0873. The van der Waals surface area contributed by atoms with E-state index in [1.165, 1.54) is 6.42 Å². The third kappa shape index (κ3) is 8.97. The summed E-state index contributed by atoms with van der Waals surface area (Å²) in [4.78, 5) is 18.8. The van der Waals surface area contributed by atoms with Crippen molar-refractivity contribution >= 4 is 5.91 Å². The minimum atomic E-state index is -0.0897. The molecule has 0 saturated carbocycles. The van der Waals surface area contributed by atoms with Crippen LogP contribution in [0.1, 0.15) is 75.4 Å². The SMILES string of the molecule is COc1ccc(-c2ccc(CN(C(=O)c3cccc(C#CC(C)(C)C)c3)C3CCN(CCC(C)C)CC3)cc2)cc1. The molecule has 4 nitrogen and oxygen atoms in total. The fourth-order valence-corrected chi connectivity index (χ4v) is 5.20. The number of likely N-dealkylation sites (tertiary alicyclic amines) is 1. The van der Waals surface area contributed by atoms with Gasteiger partial charge in [0.2, 0.25) is 0 Å². The van der Waals surface area contributed by atoms with E-state index in [9.17, 15) is 4.79 Å². The first-order chi connectivity index (χ1) is 19.6. The van der Waals surface area contributed by atoms with Crippen molar-refractivity contribution in [3.63, 3.8) is 0 Å². The zero-order valence-corrected chi connectivity index (χ0v) is 25.7. The van der Waals surface area contributed by atoms with E-state index in [2.05, 4.69) is 92.7 Å². The third-order valence-electron chi connectivity index (χ3n) is 7.70. The molecule has 0 bridgehead atoms. The van der Waals surface area contributed by atoms with Crippen LogP contribution in [0, 0.1) is 23.2 Å². The summed E-state index contributed by atoms with van der Waals surface area (Å²) in [6.07, 6.45) is 3.21. The van der Waals surface area contributed by atoms with Gasteiger partial charge in [0, 0.05) is 42.2 Å². The lowest BCUT2D eigenvalue weighted by molar-refractivity contribution is 0.0546. The van der Waals surface area contributed by atoms with Gasteiger partial charge >= 0.3 is 0 Å². The highest BCUT2D eigenvalue weighted by molar-refractivity contribution is 5.94. The molecule has 0 unspecified atom stereocenters. The molecule has 216 valence electrons. The van der Waals surface area contributed by atoms with Crippen molar-refractivity contribution in [2.45, 2.75) is 66.5 Å². The molecule has 1 fully saturated rings. The molecule has 1 heterocycles. The normalized spacial score (nSPS) is 14.4. The van der Waals surface area contributed by atoms with Gasteiger partial charge in [-0.15, -0.1) is 0 Å². The number of nitrogens with zero attached hydrogens (tertiary/aromatic N) is 2. The second-order valence-corrected chi connectivity index (χ2v) is 12.7. The molecule has 0 atom stereocenters. The van der Waals surface area contributed by atoms with Gasteiger partial charge in [0.15, 0.2) is 0 Å². The summed E-state index contributed by atoms with van der Waals surface area (Å²) in [7, 11) is 1.68. The Morgan fingerprint density at radius 2 is 1.61 bits per heavy atom. The van der Waals surface area contributed by atoms with Crippen LogP contribution in [0.4, 0.5) is 0 Å². The van der Waals surface area contributed by atoms with Gasteiger partial charge in [-0.25, -0.2) is 0 Å². The van der Waals surface area contributed by atoms with Crippen LogP contribution >= 0.6 is 0 Å². The smallest absolute Gasteiger partial charge is 0.254 e. The van der Waals surface area contributed by atoms with Gasteiger partial charge in [-0.05, 0) is 99.5 Å². The van der Waals surface area contributed by atoms with Gasteiger partial charge in [0.1, 0.15) is 5.75 Å². The zero-order chi connectivity index (χ0) is 29.4. The van der Waals surface area contributed by atoms with Gasteiger partial charge in [0.25, 0.3) is 5.91 Å². The van der Waals surface area contributed by atoms with Crippen molar-refractivity contribution in [3.05, 3.63) is 89.5 Å². The summed E-state index contributed by atoms with van der Waals surface area (Å²) in [6.45, 7) is 14.7. The van der Waals surface area contributed by atoms with Crippen molar-refractivity contribution in [3.8, 4) is 28.7 Å². The summed E-state index contributed by atoms with van der Waals surface area (Å²) in [5, 5.41) is 0. The lowest BCUT2D eigenvalue weighted by atomic mass is 9.97. The molecule has 1 aliphatic rings. The van der Waals surface area contributed by atoms with E-state index in [-0.39, 0.29) is 17.4 Å². The van der Waals surface area contributed by atoms with Gasteiger partial charge in [-0.1, -0.05) is 68.2 Å². The van der Waals surface area contributed by atoms with Gasteiger partial charge in [-0.2, -0.15) is 0 Å². The summed E-state index contributed by atoms with van der Waals surface area (Å²) in [6, 6.07) is 24.8. The number of hydrogen-bond acceptors (Lipinski definition) is 3. The number of benzene rings is 3. The predicted molar refractivity (Wildman–Crippen MR) is 170 cm³/mol. The minimum Gasteiger partial charge on any atom is -0.497 e. The average molecular weight is 551 g/mol. The van der Waals surface area contributed by atoms with Gasteiger partial charge < -0.3 is 14.5 Å². The molecule has 0 aliphatic carbocycles. The Balaban J connectivity index is 1.55. The Morgan fingerprint density at radius 3 is 2.20 bits per heavy atom. The summed E-state index contributed by atoms with van der Waals surface area (Å²) >= 11 is 0. The van der Waals surface area contributed by atoms with Crippen molar-refractivity contribution in [1.82, 2.24) is 9.80 Å². The Bertz CT molecular complexity index is 1330. The molecule has 3 aromatic carbocycles. The lowest BCUT2D eigenvalue weighted by Crippen LogP contribution is -2.47.